The molecule has 0 aliphatic heterocycles. The van der Waals surface area contributed by atoms with Gasteiger partial charge in [-0.3, -0.25) is 9.59 Å². The van der Waals surface area contributed by atoms with Crippen molar-refractivity contribution in [3.05, 3.63) is 194 Å². The molecule has 0 spiro atoms. The van der Waals surface area contributed by atoms with E-state index in [-0.39, 0.29) is 32.2 Å². The fraction of sp³-hybridized carbons (Fsp3) is 0.620. The predicted molar refractivity (Wildman–Crippen MR) is 437 cm³/mol. The molecule has 0 rings (SSSR count). The standard InChI is InChI=1S/C92H149NO8/c1-6-8-10-12-14-16-18-20-22-24-26-28-30-32-34-36-38-40-42-43-44-45-46-47-49-50-52-54-56-58-60-62-64-66-68-70-72-74-76-78-80-82-89(94)99-86-88(87-100-92(91(96)97)98-85-84-93(3,4)5)101-90(95)83-81-79-77-75-73-71-69-67-65-63-61-59-57-55-53-51-48-41-39-37-35-33-31-29-27-25-23-21-19-17-15-13-11-9-7-2/h8-11,14-17,20-23,26-29,32-35,38-41,43-44,51,53,57,59,63,65,88,92H,6-7,12-13,18-19,24-25,30-31,36-37,42,45-50,52,54-56,58,60-62,64,66-87H2,1-5H3/p+1/b10-8-,11-9-,16-14-,17-15-,22-20-,23-21-,28-26-,29-27-,34-32-,35-33-,40-38-,41-39-,44-43-,53-51-,59-57-,65-63-. The number of ether oxygens (including phenoxy) is 4. The maximum Gasteiger partial charge on any atom is 0.361 e. The van der Waals surface area contributed by atoms with E-state index in [0.29, 0.717) is 23.9 Å². The summed E-state index contributed by atoms with van der Waals surface area (Å²) in [6.45, 7) is 4.64. The molecular weight excluding hydrogens is 1250 g/mol. The Morgan fingerprint density at radius 3 is 0.792 bits per heavy atom. The van der Waals surface area contributed by atoms with E-state index < -0.39 is 24.3 Å². The first-order valence-electron chi connectivity index (χ1n) is 40.6. The molecule has 0 saturated heterocycles. The second-order valence-corrected chi connectivity index (χ2v) is 27.6. The van der Waals surface area contributed by atoms with Gasteiger partial charge in [0.15, 0.2) is 6.10 Å². The highest BCUT2D eigenvalue weighted by Crippen LogP contribution is 2.17. The minimum Gasteiger partial charge on any atom is -0.477 e. The molecule has 0 saturated carbocycles. The third-order valence-electron chi connectivity index (χ3n) is 16.8. The molecule has 0 aliphatic rings. The molecule has 101 heavy (non-hydrogen) atoms. The molecule has 0 aromatic rings. The number of likely N-dealkylation sites (N-methyl/N-ethyl adjacent to an activating group) is 1. The number of hydrogen-bond acceptors (Lipinski definition) is 7. The van der Waals surface area contributed by atoms with Gasteiger partial charge in [0.1, 0.15) is 13.2 Å². The summed E-state index contributed by atoms with van der Waals surface area (Å²) in [7, 11) is 5.97. The quantitative estimate of drug-likeness (QED) is 0.0211. The molecule has 0 heterocycles. The minimum absolute atomic E-state index is 0.177. The summed E-state index contributed by atoms with van der Waals surface area (Å²) < 4.78 is 23.0. The van der Waals surface area contributed by atoms with Crippen molar-refractivity contribution in [2.75, 3.05) is 47.5 Å². The van der Waals surface area contributed by atoms with Crippen molar-refractivity contribution < 1.29 is 42.9 Å². The van der Waals surface area contributed by atoms with Crippen molar-refractivity contribution in [2.45, 2.75) is 322 Å². The Hall–Kier alpha value is -5.87. The van der Waals surface area contributed by atoms with Crippen LogP contribution < -0.4 is 0 Å². The van der Waals surface area contributed by atoms with E-state index in [1.54, 1.807) is 0 Å². The Morgan fingerprint density at radius 2 is 0.535 bits per heavy atom. The van der Waals surface area contributed by atoms with E-state index in [1.165, 1.54) is 128 Å². The van der Waals surface area contributed by atoms with Crippen LogP contribution in [0.2, 0.25) is 0 Å². The highest BCUT2D eigenvalue weighted by Gasteiger charge is 2.25. The number of rotatable bonds is 73. The van der Waals surface area contributed by atoms with Gasteiger partial charge in [-0.05, 0) is 141 Å². The van der Waals surface area contributed by atoms with Gasteiger partial charge in [0.05, 0.1) is 34.4 Å². The van der Waals surface area contributed by atoms with Crippen LogP contribution in [-0.4, -0.2) is 87.4 Å². The number of carboxylic acid groups (broad SMARTS) is 1. The average molecular weight is 1400 g/mol. The predicted octanol–water partition coefficient (Wildman–Crippen LogP) is 26.5. The third kappa shape index (κ3) is 81.3. The molecule has 2 unspecified atom stereocenters. The second-order valence-electron chi connectivity index (χ2n) is 27.6. The molecule has 9 heteroatoms. The molecule has 2 atom stereocenters. The van der Waals surface area contributed by atoms with Gasteiger partial charge in [0.2, 0.25) is 0 Å². The molecule has 0 aromatic heterocycles. The number of quaternary nitrogens is 1. The van der Waals surface area contributed by atoms with Crippen molar-refractivity contribution in [1.29, 1.82) is 0 Å². The smallest absolute Gasteiger partial charge is 0.361 e. The molecule has 0 aliphatic carbocycles. The van der Waals surface area contributed by atoms with Crippen LogP contribution in [0, 0.1) is 0 Å². The largest absolute Gasteiger partial charge is 0.477 e. The van der Waals surface area contributed by atoms with Crippen molar-refractivity contribution in [3.63, 3.8) is 0 Å². The minimum atomic E-state index is -1.53. The molecule has 0 amide bonds. The number of carbonyl (C=O) groups excluding carboxylic acids is 2. The topological polar surface area (TPSA) is 108 Å². The summed E-state index contributed by atoms with van der Waals surface area (Å²) in [5.74, 6) is -2.03. The van der Waals surface area contributed by atoms with Crippen LogP contribution in [0.1, 0.15) is 309 Å². The second kappa shape index (κ2) is 79.8. The number of carboxylic acids is 1. The Morgan fingerprint density at radius 1 is 0.297 bits per heavy atom. The number of aliphatic carboxylic acids is 1. The monoisotopic (exact) mass is 1400 g/mol. The maximum atomic E-state index is 13.0. The number of unbranched alkanes of at least 4 members (excludes halogenated alkanes) is 26. The Bertz CT molecular complexity index is 2380. The fourth-order valence-electron chi connectivity index (χ4n) is 10.8. The highest BCUT2D eigenvalue weighted by molar-refractivity contribution is 5.71. The van der Waals surface area contributed by atoms with Gasteiger partial charge < -0.3 is 28.5 Å². The number of esters is 2. The van der Waals surface area contributed by atoms with E-state index in [1.807, 2.05) is 21.1 Å². The van der Waals surface area contributed by atoms with Gasteiger partial charge in [0.25, 0.3) is 6.29 Å². The van der Waals surface area contributed by atoms with Crippen molar-refractivity contribution in [3.8, 4) is 0 Å². The zero-order valence-corrected chi connectivity index (χ0v) is 65.2. The van der Waals surface area contributed by atoms with Crippen LogP contribution in [0.4, 0.5) is 0 Å². The number of hydrogen-bond donors (Lipinski definition) is 1. The van der Waals surface area contributed by atoms with Gasteiger partial charge in [-0.1, -0.05) is 350 Å². The van der Waals surface area contributed by atoms with E-state index in [9.17, 15) is 19.5 Å². The summed E-state index contributed by atoms with van der Waals surface area (Å²) in [5.41, 5.74) is 0. The number of nitrogens with zero attached hydrogens (tertiary/aromatic N) is 1. The third-order valence-corrected chi connectivity index (χ3v) is 16.8. The average Bonchev–Trinajstić information content (AvgIpc) is 1.25. The molecule has 1 N–H and O–H groups in total. The first kappa shape index (κ1) is 95.1. The molecule has 0 bridgehead atoms. The molecule has 9 nitrogen and oxygen atoms in total. The van der Waals surface area contributed by atoms with Gasteiger partial charge >= 0.3 is 17.9 Å². The lowest BCUT2D eigenvalue weighted by atomic mass is 10.0. The summed E-state index contributed by atoms with van der Waals surface area (Å²) in [4.78, 5) is 37.8. The van der Waals surface area contributed by atoms with E-state index >= 15 is 0 Å². The van der Waals surface area contributed by atoms with Gasteiger partial charge in [-0.15, -0.1) is 0 Å². The van der Waals surface area contributed by atoms with Crippen molar-refractivity contribution >= 4 is 17.9 Å². The number of allylic oxidation sites excluding steroid dienone is 32. The SMILES string of the molecule is CC/C=C\C/C=C\C/C=C\C/C=C\C/C=C\C/C=C\C/C=C\C/C=C\C/C=C\CCCCCCCCCC(=O)OC(COC(=O)CCCCCCCCCCCCCCCCCCCCC/C=C\C/C=C\C/C=C\C/C=C\C/C=C\C/C=C\C/C=C\CC)COC(OCC[N+](C)(C)C)C(=O)O. The maximum absolute atomic E-state index is 13.0. The van der Waals surface area contributed by atoms with Gasteiger partial charge in [-0.2, -0.15) is 0 Å². The lowest BCUT2D eigenvalue weighted by molar-refractivity contribution is -0.870. The van der Waals surface area contributed by atoms with Crippen LogP contribution in [0.3, 0.4) is 0 Å². The molecule has 0 fully saturated rings. The first-order chi connectivity index (χ1) is 49.6. The van der Waals surface area contributed by atoms with Crippen LogP contribution in [-0.2, 0) is 33.3 Å². The molecule has 570 valence electrons. The van der Waals surface area contributed by atoms with Gasteiger partial charge in [-0.25, -0.2) is 4.79 Å². The van der Waals surface area contributed by atoms with Crippen molar-refractivity contribution in [1.82, 2.24) is 0 Å². The van der Waals surface area contributed by atoms with E-state index in [4.69, 9.17) is 18.9 Å². The summed E-state index contributed by atoms with van der Waals surface area (Å²) in [5, 5.41) is 9.78. The molecule has 0 aromatic carbocycles. The van der Waals surface area contributed by atoms with Crippen LogP contribution in [0.15, 0.2) is 194 Å². The van der Waals surface area contributed by atoms with E-state index in [2.05, 4.69) is 208 Å². The highest BCUT2D eigenvalue weighted by atomic mass is 16.7. The Labute approximate surface area is 621 Å². The van der Waals surface area contributed by atoms with Crippen LogP contribution >= 0.6 is 0 Å². The van der Waals surface area contributed by atoms with Crippen LogP contribution in [0.5, 0.6) is 0 Å². The van der Waals surface area contributed by atoms with E-state index in [0.717, 1.165) is 148 Å². The fourth-order valence-corrected chi connectivity index (χ4v) is 10.8. The van der Waals surface area contributed by atoms with Gasteiger partial charge in [0, 0.05) is 12.8 Å². The van der Waals surface area contributed by atoms with Crippen LogP contribution in [0.25, 0.3) is 0 Å². The lowest BCUT2D eigenvalue weighted by Gasteiger charge is -2.25. The Balaban J connectivity index is 4.09. The summed E-state index contributed by atoms with van der Waals surface area (Å²) in [6.07, 6.45) is 120. The zero-order chi connectivity index (χ0) is 73.2. The molecule has 0 radical (unpaired) electrons. The summed E-state index contributed by atoms with van der Waals surface area (Å²) >= 11 is 0. The Kier molecular flexibility index (Phi) is 75.2. The normalized spacial score (nSPS) is 13.7. The first-order valence-corrected chi connectivity index (χ1v) is 40.6. The summed E-state index contributed by atoms with van der Waals surface area (Å²) in [6, 6.07) is 0. The van der Waals surface area contributed by atoms with Crippen molar-refractivity contribution in [2.24, 2.45) is 0 Å². The zero-order valence-electron chi connectivity index (χ0n) is 65.2. The lowest BCUT2D eigenvalue weighted by Crippen LogP contribution is -2.40. The molecular formula is C92H150NO8+. The number of carbonyl (C=O) groups is 3.